The van der Waals surface area contributed by atoms with Gasteiger partial charge in [0.15, 0.2) is 17.3 Å². The van der Waals surface area contributed by atoms with Crippen molar-refractivity contribution < 1.29 is 23.8 Å². The van der Waals surface area contributed by atoms with E-state index in [0.717, 1.165) is 44.9 Å². The highest BCUT2D eigenvalue weighted by Crippen LogP contribution is 2.49. The van der Waals surface area contributed by atoms with E-state index in [9.17, 15) is 9.59 Å². The molecule has 2 aliphatic rings. The molecule has 3 N–H and O–H groups in total. The fraction of sp³-hybridized carbons (Fsp3) is 0.333. The molecule has 0 saturated heterocycles. The Labute approximate surface area is 263 Å². The normalized spacial score (nSPS) is 17.2. The maximum atomic E-state index is 14.0. The van der Waals surface area contributed by atoms with Gasteiger partial charge in [-0.2, -0.15) is 0 Å². The number of anilines is 2. The lowest BCUT2D eigenvalue weighted by atomic mass is 9.73. The summed E-state index contributed by atoms with van der Waals surface area (Å²) < 4.78 is 16.6. The third-order valence-corrected chi connectivity index (χ3v) is 8.73. The zero-order valence-electron chi connectivity index (χ0n) is 26.5. The highest BCUT2D eigenvalue weighted by atomic mass is 16.5. The minimum Gasteiger partial charge on any atom is -0.497 e. The third-order valence-electron chi connectivity index (χ3n) is 8.73. The maximum absolute atomic E-state index is 14.0. The molecule has 0 spiro atoms. The number of aromatic nitrogens is 1. The van der Waals surface area contributed by atoms with E-state index in [2.05, 4.69) is 29.5 Å². The number of rotatable bonds is 9. The van der Waals surface area contributed by atoms with Gasteiger partial charge in [-0.25, -0.2) is 0 Å². The van der Waals surface area contributed by atoms with Gasteiger partial charge in [0.1, 0.15) is 5.75 Å². The Morgan fingerprint density at radius 1 is 0.978 bits per heavy atom. The maximum Gasteiger partial charge on any atom is 0.239 e. The number of ketones is 1. The number of carbonyl (C=O) groups excluding carboxylic acids is 2. The van der Waals surface area contributed by atoms with Gasteiger partial charge in [-0.1, -0.05) is 32.0 Å². The Bertz CT molecular complexity index is 1790. The van der Waals surface area contributed by atoms with Crippen LogP contribution in [-0.2, 0) is 16.0 Å². The molecular formula is C36H40N4O5. The number of Topliss-reactive ketones (excluding diaryl/α,β-unsaturated/α-hetero) is 1. The first-order valence-electron chi connectivity index (χ1n) is 15.2. The summed E-state index contributed by atoms with van der Waals surface area (Å²) in [6.07, 6.45) is 3.76. The molecule has 1 amide bonds. The van der Waals surface area contributed by atoms with E-state index >= 15 is 0 Å². The predicted octanol–water partition coefficient (Wildman–Crippen LogP) is 6.17. The molecule has 9 heteroatoms. The number of allylic oxidation sites excluding steroid dienone is 1. The second-order valence-corrected chi connectivity index (χ2v) is 12.4. The van der Waals surface area contributed by atoms with Gasteiger partial charge in [0.25, 0.3) is 0 Å². The number of hydrogen-bond acceptors (Lipinski definition) is 7. The van der Waals surface area contributed by atoms with E-state index in [4.69, 9.17) is 14.2 Å². The number of para-hydroxylation sites is 2. The number of fused-ring (bicyclic) bond motifs is 2. The molecule has 9 nitrogen and oxygen atoms in total. The fourth-order valence-corrected chi connectivity index (χ4v) is 6.64. The second-order valence-electron chi connectivity index (χ2n) is 12.4. The molecule has 0 fully saturated rings. The van der Waals surface area contributed by atoms with Crippen molar-refractivity contribution in [3.8, 4) is 17.2 Å². The largest absolute Gasteiger partial charge is 0.497 e. The van der Waals surface area contributed by atoms with Gasteiger partial charge in [0.2, 0.25) is 5.91 Å². The van der Waals surface area contributed by atoms with Gasteiger partial charge in [-0.15, -0.1) is 0 Å². The summed E-state index contributed by atoms with van der Waals surface area (Å²) in [6.45, 7) is 4.74. The summed E-state index contributed by atoms with van der Waals surface area (Å²) in [5.74, 6) is 1.88. The summed E-state index contributed by atoms with van der Waals surface area (Å²) in [5, 5.41) is 7.81. The molecule has 1 aromatic heterocycles. The van der Waals surface area contributed by atoms with Crippen molar-refractivity contribution in [3.63, 3.8) is 0 Å². The van der Waals surface area contributed by atoms with Gasteiger partial charge in [0.05, 0.1) is 45.3 Å². The molecule has 0 radical (unpaired) electrons. The Kier molecular flexibility index (Phi) is 8.18. The van der Waals surface area contributed by atoms with Crippen molar-refractivity contribution >= 4 is 34.0 Å². The van der Waals surface area contributed by atoms with Crippen LogP contribution >= 0.6 is 0 Å². The summed E-state index contributed by atoms with van der Waals surface area (Å²) in [6, 6.07) is 19.0. The highest BCUT2D eigenvalue weighted by Gasteiger charge is 2.42. The van der Waals surface area contributed by atoms with Gasteiger partial charge in [-0.3, -0.25) is 9.59 Å². The topological polar surface area (TPSA) is 105 Å². The Morgan fingerprint density at radius 3 is 2.56 bits per heavy atom. The number of ether oxygens (including phenoxy) is 3. The number of hydrogen-bond donors (Lipinski definition) is 3. The van der Waals surface area contributed by atoms with Crippen LogP contribution in [0.25, 0.3) is 10.9 Å². The van der Waals surface area contributed by atoms with Crippen LogP contribution in [0.2, 0.25) is 0 Å². The van der Waals surface area contributed by atoms with Crippen LogP contribution in [0.15, 0.2) is 78.1 Å². The summed E-state index contributed by atoms with van der Waals surface area (Å²) in [7, 11) is 4.85. The van der Waals surface area contributed by atoms with Gasteiger partial charge in [0, 0.05) is 41.3 Å². The molecular weight excluding hydrogens is 568 g/mol. The average molecular weight is 609 g/mol. The van der Waals surface area contributed by atoms with E-state index in [-0.39, 0.29) is 23.7 Å². The first-order chi connectivity index (χ1) is 21.7. The van der Waals surface area contributed by atoms with Crippen LogP contribution in [0.5, 0.6) is 17.2 Å². The number of methoxy groups -OCH3 is 3. The number of nitrogens with one attached hydrogen (secondary N) is 3. The smallest absolute Gasteiger partial charge is 0.239 e. The van der Waals surface area contributed by atoms with E-state index in [0.29, 0.717) is 42.9 Å². The van der Waals surface area contributed by atoms with Crippen molar-refractivity contribution in [3.05, 3.63) is 89.3 Å². The van der Waals surface area contributed by atoms with Crippen LogP contribution in [0, 0.1) is 5.41 Å². The summed E-state index contributed by atoms with van der Waals surface area (Å²) in [4.78, 5) is 33.1. The lowest BCUT2D eigenvalue weighted by Gasteiger charge is -2.38. The van der Waals surface area contributed by atoms with E-state index < -0.39 is 6.04 Å². The Balaban J connectivity index is 1.34. The quantitative estimate of drug-likeness (QED) is 0.209. The monoisotopic (exact) mass is 608 g/mol. The first-order valence-corrected chi connectivity index (χ1v) is 15.2. The minimum absolute atomic E-state index is 0.0485. The van der Waals surface area contributed by atoms with E-state index in [1.165, 1.54) is 0 Å². The van der Waals surface area contributed by atoms with Crippen LogP contribution in [-0.4, -0.2) is 51.1 Å². The van der Waals surface area contributed by atoms with Crippen LogP contribution in [0.3, 0.4) is 0 Å². The van der Waals surface area contributed by atoms with Gasteiger partial charge < -0.3 is 34.7 Å². The molecule has 1 aliphatic heterocycles. The molecule has 6 rings (SSSR count). The molecule has 0 bridgehead atoms. The van der Waals surface area contributed by atoms with Crippen LogP contribution in [0.4, 0.5) is 11.4 Å². The molecule has 45 heavy (non-hydrogen) atoms. The number of carbonyl (C=O) groups is 2. The second kappa shape index (κ2) is 12.2. The van der Waals surface area contributed by atoms with Crippen molar-refractivity contribution in [2.45, 2.75) is 39.2 Å². The molecule has 3 aromatic carbocycles. The van der Waals surface area contributed by atoms with Crippen LogP contribution in [0.1, 0.15) is 43.9 Å². The number of nitrogens with zero attached hydrogens (tertiary/aromatic N) is 1. The average Bonchev–Trinajstić information content (AvgIpc) is 3.37. The number of aromatic amines is 1. The number of amides is 1. The molecule has 1 atom stereocenters. The first kappa shape index (κ1) is 30.1. The molecule has 234 valence electrons. The third kappa shape index (κ3) is 5.94. The molecule has 2 heterocycles. The Hall–Kier alpha value is -4.92. The summed E-state index contributed by atoms with van der Waals surface area (Å²) >= 11 is 0. The van der Waals surface area contributed by atoms with Crippen molar-refractivity contribution in [2.24, 2.45) is 5.41 Å². The van der Waals surface area contributed by atoms with Crippen LogP contribution < -0.4 is 29.7 Å². The lowest BCUT2D eigenvalue weighted by Crippen LogP contribution is -2.42. The molecule has 4 aromatic rings. The highest BCUT2D eigenvalue weighted by molar-refractivity contribution is 6.02. The van der Waals surface area contributed by atoms with E-state index in [1.807, 2.05) is 71.8 Å². The molecule has 1 aliphatic carbocycles. The summed E-state index contributed by atoms with van der Waals surface area (Å²) in [5.41, 5.74) is 6.04. The van der Waals surface area contributed by atoms with Gasteiger partial charge >= 0.3 is 0 Å². The number of H-pyrrole nitrogens is 1. The fourth-order valence-electron chi connectivity index (χ4n) is 6.64. The van der Waals surface area contributed by atoms with Crippen molar-refractivity contribution in [2.75, 3.05) is 44.6 Å². The standard InChI is InChI=1S/C36H40N4O5/c1-36(2)18-28-34(30(41)19-36)35(22-10-13-31(44-4)32(16-22)45-5)40(29-9-7-6-8-27(29)39-28)21-33(42)37-15-14-23-20-38-26-12-11-24(43-3)17-25(23)26/h6-13,16-17,20,35,38-39H,14-15,18-19,21H2,1-5H3,(H,37,42). The Morgan fingerprint density at radius 2 is 1.78 bits per heavy atom. The molecule has 1 unspecified atom stereocenters. The van der Waals surface area contributed by atoms with Crippen molar-refractivity contribution in [1.82, 2.24) is 10.3 Å². The lowest BCUT2D eigenvalue weighted by molar-refractivity contribution is -0.120. The zero-order chi connectivity index (χ0) is 31.7. The van der Waals surface area contributed by atoms with Gasteiger partial charge in [-0.05, 0) is 71.8 Å². The minimum atomic E-state index is -0.522. The van der Waals surface area contributed by atoms with E-state index in [1.54, 1.807) is 21.3 Å². The predicted molar refractivity (Wildman–Crippen MR) is 176 cm³/mol. The zero-order valence-corrected chi connectivity index (χ0v) is 26.5. The SMILES string of the molecule is COc1ccc2[nH]cc(CCNC(=O)CN3c4ccccc4NC4=C(C(=O)CC(C)(C)C4)C3c3ccc(OC)c(OC)c3)c2c1. The number of benzene rings is 3. The van der Waals surface area contributed by atoms with Crippen molar-refractivity contribution in [1.29, 1.82) is 0 Å². The molecule has 0 saturated carbocycles.